The van der Waals surface area contributed by atoms with Crippen LogP contribution in [-0.4, -0.2) is 11.6 Å². The van der Waals surface area contributed by atoms with E-state index >= 15 is 0 Å². The van der Waals surface area contributed by atoms with E-state index in [1.165, 1.54) is 0 Å². The number of aromatic nitrogens is 1. The Balaban J connectivity index is 3.11. The fourth-order valence-electron chi connectivity index (χ4n) is 1.74. The lowest BCUT2D eigenvalue weighted by atomic mass is 10.0. The molecule has 1 aromatic heterocycles. The van der Waals surface area contributed by atoms with Crippen molar-refractivity contribution in [1.29, 1.82) is 0 Å². The number of hydrogen-bond donors (Lipinski definition) is 0. The summed E-state index contributed by atoms with van der Waals surface area (Å²) in [7, 11) is 0. The van der Waals surface area contributed by atoms with Crippen molar-refractivity contribution in [3.05, 3.63) is 53.9 Å². The summed E-state index contributed by atoms with van der Waals surface area (Å²) in [5, 5.41) is 0. The van der Waals surface area contributed by atoms with Gasteiger partial charge < -0.3 is 4.74 Å². The number of allylic oxidation sites excluding steroid dienone is 2. The van der Waals surface area contributed by atoms with E-state index in [4.69, 9.17) is 4.74 Å². The number of rotatable bonds is 6. The fourth-order valence-corrected chi connectivity index (χ4v) is 1.74. The van der Waals surface area contributed by atoms with Crippen LogP contribution in [0, 0.1) is 13.8 Å². The normalized spacial score (nSPS) is 10.6. The van der Waals surface area contributed by atoms with E-state index < -0.39 is 0 Å². The van der Waals surface area contributed by atoms with Crippen LogP contribution in [0.2, 0.25) is 0 Å². The van der Waals surface area contributed by atoms with Gasteiger partial charge in [0.15, 0.2) is 0 Å². The summed E-state index contributed by atoms with van der Waals surface area (Å²) < 4.78 is 5.58. The van der Waals surface area contributed by atoms with Crippen molar-refractivity contribution >= 4 is 11.8 Å². The first kappa shape index (κ1) is 14.2. The van der Waals surface area contributed by atoms with Crippen molar-refractivity contribution < 1.29 is 4.74 Å². The van der Waals surface area contributed by atoms with Gasteiger partial charge in [-0.2, -0.15) is 0 Å². The number of ether oxygens (including phenoxy) is 1. The monoisotopic (exact) mass is 243 g/mol. The predicted octanol–water partition coefficient (Wildman–Crippen LogP) is 4.29. The molecule has 0 radical (unpaired) electrons. The molecule has 0 atom stereocenters. The second kappa shape index (κ2) is 6.80. The van der Waals surface area contributed by atoms with Crippen LogP contribution < -0.4 is 0 Å². The van der Waals surface area contributed by atoms with Gasteiger partial charge in [0.1, 0.15) is 5.76 Å². The van der Waals surface area contributed by atoms with Crippen LogP contribution in [0.5, 0.6) is 0 Å². The first-order valence-corrected chi connectivity index (χ1v) is 6.19. The van der Waals surface area contributed by atoms with Crippen LogP contribution in [0.25, 0.3) is 11.8 Å². The summed E-state index contributed by atoms with van der Waals surface area (Å²) in [4.78, 5) is 4.40. The zero-order valence-electron chi connectivity index (χ0n) is 11.5. The summed E-state index contributed by atoms with van der Waals surface area (Å²) in [6.45, 7) is 14.5. The van der Waals surface area contributed by atoms with E-state index in [1.54, 1.807) is 6.08 Å². The molecule has 0 aromatic carbocycles. The fraction of sp³-hybridized carbons (Fsp3) is 0.312. The highest BCUT2D eigenvalue weighted by Gasteiger charge is 2.09. The molecule has 0 saturated heterocycles. The van der Waals surface area contributed by atoms with Crippen LogP contribution in [0.15, 0.2) is 31.5 Å². The van der Waals surface area contributed by atoms with Crippen molar-refractivity contribution in [2.45, 2.75) is 27.2 Å². The highest BCUT2D eigenvalue weighted by atomic mass is 16.5. The topological polar surface area (TPSA) is 22.1 Å². The zero-order chi connectivity index (χ0) is 13.5. The highest BCUT2D eigenvalue weighted by molar-refractivity contribution is 5.67. The summed E-state index contributed by atoms with van der Waals surface area (Å²) in [5.74, 6) is 0.690. The molecule has 2 heteroatoms. The van der Waals surface area contributed by atoms with Crippen molar-refractivity contribution in [2.75, 3.05) is 6.61 Å². The molecule has 0 spiro atoms. The van der Waals surface area contributed by atoms with Crippen molar-refractivity contribution in [3.63, 3.8) is 0 Å². The van der Waals surface area contributed by atoms with Crippen LogP contribution in [0.4, 0.5) is 0 Å². The van der Waals surface area contributed by atoms with Gasteiger partial charge in [0, 0.05) is 17.5 Å². The summed E-state index contributed by atoms with van der Waals surface area (Å²) >= 11 is 0. The predicted molar refractivity (Wildman–Crippen MR) is 78.2 cm³/mol. The van der Waals surface area contributed by atoms with Crippen molar-refractivity contribution in [1.82, 2.24) is 4.98 Å². The Morgan fingerprint density at radius 3 is 2.78 bits per heavy atom. The van der Waals surface area contributed by atoms with E-state index in [2.05, 4.69) is 32.0 Å². The third-order valence-electron chi connectivity index (χ3n) is 2.76. The molecule has 0 bridgehead atoms. The molecule has 1 aromatic rings. The van der Waals surface area contributed by atoms with Crippen LogP contribution in [0.3, 0.4) is 0 Å². The maximum absolute atomic E-state index is 5.58. The van der Waals surface area contributed by atoms with Crippen LogP contribution in [-0.2, 0) is 4.74 Å². The molecule has 18 heavy (non-hydrogen) atoms. The number of nitrogens with zero attached hydrogens (tertiary/aromatic N) is 1. The van der Waals surface area contributed by atoms with Gasteiger partial charge in [0.25, 0.3) is 0 Å². The quantitative estimate of drug-likeness (QED) is 0.549. The summed E-state index contributed by atoms with van der Waals surface area (Å²) in [6.07, 6.45) is 8.49. The minimum atomic E-state index is 0.685. The molecule has 1 rings (SSSR count). The first-order chi connectivity index (χ1) is 8.61. The smallest absolute Gasteiger partial charge is 0.121 e. The number of pyridine rings is 1. The molecule has 0 fully saturated rings. The van der Waals surface area contributed by atoms with Crippen LogP contribution >= 0.6 is 0 Å². The molecule has 0 N–H and O–H groups in total. The van der Waals surface area contributed by atoms with Gasteiger partial charge in [-0.15, -0.1) is 0 Å². The molecule has 1 heterocycles. The molecule has 0 saturated carbocycles. The lowest BCUT2D eigenvalue weighted by Crippen LogP contribution is -2.00. The molecule has 0 aliphatic carbocycles. The second-order valence-corrected chi connectivity index (χ2v) is 4.16. The molecule has 0 aliphatic heterocycles. The Labute approximate surface area is 110 Å². The molecule has 2 nitrogen and oxygen atoms in total. The largest absolute Gasteiger partial charge is 0.494 e. The third-order valence-corrected chi connectivity index (χ3v) is 2.76. The second-order valence-electron chi connectivity index (χ2n) is 4.16. The SMILES string of the molecule is C=C/C=C\c1c(C)ncc(C(=C)OCCC)c1C. The van der Waals surface area contributed by atoms with Crippen LogP contribution in [0.1, 0.15) is 35.7 Å². The van der Waals surface area contributed by atoms with E-state index in [-0.39, 0.29) is 0 Å². The van der Waals surface area contributed by atoms with Gasteiger partial charge in [0.05, 0.1) is 6.61 Å². The summed E-state index contributed by atoms with van der Waals surface area (Å²) in [5.41, 5.74) is 4.21. The Hall–Kier alpha value is -1.83. The Morgan fingerprint density at radius 1 is 1.44 bits per heavy atom. The minimum Gasteiger partial charge on any atom is -0.494 e. The zero-order valence-corrected chi connectivity index (χ0v) is 11.5. The Morgan fingerprint density at radius 2 is 2.17 bits per heavy atom. The average molecular weight is 243 g/mol. The van der Waals surface area contributed by atoms with Gasteiger partial charge in [-0.1, -0.05) is 38.3 Å². The third kappa shape index (κ3) is 3.33. The molecular weight excluding hydrogens is 222 g/mol. The first-order valence-electron chi connectivity index (χ1n) is 6.19. The van der Waals surface area contributed by atoms with Crippen molar-refractivity contribution in [3.8, 4) is 0 Å². The molecule has 96 valence electrons. The molecule has 0 aliphatic rings. The molecule has 0 amide bonds. The summed E-state index contributed by atoms with van der Waals surface area (Å²) in [6, 6.07) is 0. The lowest BCUT2D eigenvalue weighted by molar-refractivity contribution is 0.278. The van der Waals surface area contributed by atoms with Gasteiger partial charge >= 0.3 is 0 Å². The van der Waals surface area contributed by atoms with E-state index in [0.717, 1.165) is 28.8 Å². The average Bonchev–Trinajstić information content (AvgIpc) is 2.36. The molecular formula is C16H21NO. The lowest BCUT2D eigenvalue weighted by Gasteiger charge is -2.13. The highest BCUT2D eigenvalue weighted by Crippen LogP contribution is 2.23. The minimum absolute atomic E-state index is 0.685. The maximum atomic E-state index is 5.58. The van der Waals surface area contributed by atoms with Gasteiger partial charge in [-0.25, -0.2) is 0 Å². The van der Waals surface area contributed by atoms with E-state index in [0.29, 0.717) is 12.4 Å². The van der Waals surface area contributed by atoms with E-state index in [1.807, 2.05) is 25.3 Å². The van der Waals surface area contributed by atoms with E-state index in [9.17, 15) is 0 Å². The number of aryl methyl sites for hydroxylation is 1. The Bertz CT molecular complexity index is 472. The molecule has 0 unspecified atom stereocenters. The van der Waals surface area contributed by atoms with Gasteiger partial charge in [0.2, 0.25) is 0 Å². The number of hydrogen-bond acceptors (Lipinski definition) is 2. The van der Waals surface area contributed by atoms with Crippen molar-refractivity contribution in [2.24, 2.45) is 0 Å². The maximum Gasteiger partial charge on any atom is 0.121 e. The van der Waals surface area contributed by atoms with Gasteiger partial charge in [-0.3, -0.25) is 4.98 Å². The van der Waals surface area contributed by atoms with Gasteiger partial charge in [-0.05, 0) is 31.4 Å². The standard InChI is InChI=1S/C16H21NO/c1-6-8-9-15-12(3)16(11-17-13(15)4)14(5)18-10-7-2/h6,8-9,11H,1,5,7,10H2,2-4H3/b9-8-. The Kier molecular flexibility index (Phi) is 5.37.